The van der Waals surface area contributed by atoms with E-state index < -0.39 is 17.9 Å². The molecule has 0 aliphatic heterocycles. The predicted molar refractivity (Wildman–Crippen MR) is 118 cm³/mol. The number of para-hydroxylation sites is 1. The fraction of sp³-hybridized carbons (Fsp3) is 0.0870. The third kappa shape index (κ3) is 4.67. The van der Waals surface area contributed by atoms with E-state index in [0.717, 1.165) is 10.8 Å². The quantitative estimate of drug-likeness (QED) is 0.466. The Morgan fingerprint density at radius 1 is 0.968 bits per heavy atom. The van der Waals surface area contributed by atoms with E-state index in [9.17, 15) is 9.59 Å². The molecule has 0 fully saturated rings. The highest BCUT2D eigenvalue weighted by atomic mass is 35.5. The molecule has 0 aliphatic carbocycles. The molecule has 4 aromatic rings. The van der Waals surface area contributed by atoms with Gasteiger partial charge in [0.25, 0.3) is 11.8 Å². The minimum absolute atomic E-state index is 0.128. The topological polar surface area (TPSA) is 85.3 Å². The van der Waals surface area contributed by atoms with Crippen molar-refractivity contribution in [3.8, 4) is 11.4 Å². The smallest absolute Gasteiger partial charge is 0.290 e. The average molecular weight is 435 g/mol. The molecular weight excluding hydrogens is 416 g/mol. The number of fused-ring (bicyclic) bond motifs is 1. The highest BCUT2D eigenvalue weighted by molar-refractivity contribution is 6.32. The van der Waals surface area contributed by atoms with Gasteiger partial charge in [0.1, 0.15) is 5.75 Å². The standard InChI is InChI=1S/C23H19ClN4O3/c1-15(31-18-11-10-16-6-2-3-7-17(16)14-18)22(29)25-26-23(30)20-12-13-28(27-20)21-9-5-4-8-19(21)24/h2-15H,1H3,(H,25,29)(H,26,30). The van der Waals surface area contributed by atoms with Crippen LogP contribution in [-0.4, -0.2) is 27.7 Å². The number of rotatable bonds is 5. The summed E-state index contributed by atoms with van der Waals surface area (Å²) in [5.41, 5.74) is 5.48. The third-order valence-corrected chi connectivity index (χ3v) is 4.94. The summed E-state index contributed by atoms with van der Waals surface area (Å²) in [6.07, 6.45) is 0.797. The summed E-state index contributed by atoms with van der Waals surface area (Å²) in [7, 11) is 0. The SMILES string of the molecule is CC(Oc1ccc2ccccc2c1)C(=O)NNC(=O)c1ccn(-c2ccccc2Cl)n1. The lowest BCUT2D eigenvalue weighted by Crippen LogP contribution is -2.47. The Hall–Kier alpha value is -3.84. The number of nitrogens with one attached hydrogen (secondary N) is 2. The van der Waals surface area contributed by atoms with E-state index in [2.05, 4.69) is 16.0 Å². The van der Waals surface area contributed by atoms with E-state index in [1.165, 1.54) is 10.7 Å². The molecule has 156 valence electrons. The predicted octanol–water partition coefficient (Wildman–Crippen LogP) is 3.91. The minimum Gasteiger partial charge on any atom is -0.481 e. The van der Waals surface area contributed by atoms with Gasteiger partial charge in [-0.05, 0) is 48.0 Å². The van der Waals surface area contributed by atoms with Gasteiger partial charge in [0.2, 0.25) is 0 Å². The van der Waals surface area contributed by atoms with Crippen molar-refractivity contribution in [2.24, 2.45) is 0 Å². The fourth-order valence-electron chi connectivity index (χ4n) is 3.00. The molecule has 0 bridgehead atoms. The van der Waals surface area contributed by atoms with E-state index >= 15 is 0 Å². The number of aromatic nitrogens is 2. The zero-order valence-electron chi connectivity index (χ0n) is 16.6. The lowest BCUT2D eigenvalue weighted by molar-refractivity contribution is -0.128. The second kappa shape index (κ2) is 8.89. The molecular formula is C23H19ClN4O3. The van der Waals surface area contributed by atoms with Crippen LogP contribution in [0.25, 0.3) is 16.5 Å². The van der Waals surface area contributed by atoms with E-state index in [1.54, 1.807) is 37.4 Å². The summed E-state index contributed by atoms with van der Waals surface area (Å²) in [4.78, 5) is 24.7. The molecule has 4 rings (SSSR count). The number of hydrazine groups is 1. The Bertz CT molecular complexity index is 1250. The summed E-state index contributed by atoms with van der Waals surface area (Å²) in [5, 5.41) is 6.79. The van der Waals surface area contributed by atoms with Crippen LogP contribution in [0.5, 0.6) is 5.75 Å². The van der Waals surface area contributed by atoms with Gasteiger partial charge in [0.05, 0.1) is 10.7 Å². The molecule has 0 saturated carbocycles. The second-order valence-corrected chi connectivity index (χ2v) is 7.22. The molecule has 0 aliphatic rings. The molecule has 0 saturated heterocycles. The van der Waals surface area contributed by atoms with Crippen molar-refractivity contribution in [1.82, 2.24) is 20.6 Å². The first-order chi connectivity index (χ1) is 15.0. The highest BCUT2D eigenvalue weighted by Gasteiger charge is 2.17. The van der Waals surface area contributed by atoms with Crippen molar-refractivity contribution < 1.29 is 14.3 Å². The Morgan fingerprint density at radius 3 is 2.52 bits per heavy atom. The molecule has 1 unspecified atom stereocenters. The van der Waals surface area contributed by atoms with E-state index in [-0.39, 0.29) is 5.69 Å². The molecule has 0 spiro atoms. The lowest BCUT2D eigenvalue weighted by Gasteiger charge is -2.15. The third-order valence-electron chi connectivity index (χ3n) is 4.62. The first kappa shape index (κ1) is 20.4. The second-order valence-electron chi connectivity index (χ2n) is 6.81. The number of carbonyl (C=O) groups is 2. The number of amides is 2. The van der Waals surface area contributed by atoms with Crippen LogP contribution in [0, 0.1) is 0 Å². The molecule has 1 heterocycles. The summed E-state index contributed by atoms with van der Waals surface area (Å²) in [6, 6.07) is 22.1. The maximum absolute atomic E-state index is 12.3. The van der Waals surface area contributed by atoms with Crippen molar-refractivity contribution >= 4 is 34.2 Å². The number of benzene rings is 3. The van der Waals surface area contributed by atoms with E-state index in [1.807, 2.05) is 42.5 Å². The molecule has 1 atom stereocenters. The number of halogens is 1. The summed E-state index contributed by atoms with van der Waals surface area (Å²) in [6.45, 7) is 1.60. The Labute approximate surface area is 183 Å². The van der Waals surface area contributed by atoms with Crippen LogP contribution in [0.4, 0.5) is 0 Å². The van der Waals surface area contributed by atoms with Crippen LogP contribution in [-0.2, 0) is 4.79 Å². The van der Waals surface area contributed by atoms with Gasteiger partial charge in [-0.25, -0.2) is 4.68 Å². The van der Waals surface area contributed by atoms with Crippen molar-refractivity contribution in [2.75, 3.05) is 0 Å². The van der Waals surface area contributed by atoms with Gasteiger partial charge in [-0.1, -0.05) is 54.1 Å². The maximum atomic E-state index is 12.3. The van der Waals surface area contributed by atoms with Crippen LogP contribution in [0.1, 0.15) is 17.4 Å². The Morgan fingerprint density at radius 2 is 1.71 bits per heavy atom. The monoisotopic (exact) mass is 434 g/mol. The molecule has 8 heteroatoms. The molecule has 2 amide bonds. The van der Waals surface area contributed by atoms with Gasteiger partial charge in [0.15, 0.2) is 11.8 Å². The fourth-order valence-corrected chi connectivity index (χ4v) is 3.22. The van der Waals surface area contributed by atoms with Crippen LogP contribution in [0.3, 0.4) is 0 Å². The number of carbonyl (C=O) groups excluding carboxylic acids is 2. The van der Waals surface area contributed by atoms with Gasteiger partial charge in [-0.2, -0.15) is 5.10 Å². The van der Waals surface area contributed by atoms with Gasteiger partial charge in [0, 0.05) is 6.20 Å². The molecule has 1 aromatic heterocycles. The van der Waals surface area contributed by atoms with Crippen LogP contribution >= 0.6 is 11.6 Å². The average Bonchev–Trinajstić information content (AvgIpc) is 3.27. The Balaban J connectivity index is 1.34. The van der Waals surface area contributed by atoms with Crippen LogP contribution < -0.4 is 15.6 Å². The van der Waals surface area contributed by atoms with Crippen LogP contribution in [0.2, 0.25) is 5.02 Å². The molecule has 3 aromatic carbocycles. The number of ether oxygens (including phenoxy) is 1. The largest absolute Gasteiger partial charge is 0.481 e. The first-order valence-electron chi connectivity index (χ1n) is 9.57. The van der Waals surface area contributed by atoms with Crippen molar-refractivity contribution in [3.63, 3.8) is 0 Å². The molecule has 0 radical (unpaired) electrons. The van der Waals surface area contributed by atoms with Gasteiger partial charge < -0.3 is 4.74 Å². The van der Waals surface area contributed by atoms with Crippen LogP contribution in [0.15, 0.2) is 79.0 Å². The van der Waals surface area contributed by atoms with Crippen molar-refractivity contribution in [2.45, 2.75) is 13.0 Å². The van der Waals surface area contributed by atoms with Crippen molar-refractivity contribution in [3.05, 3.63) is 89.7 Å². The summed E-state index contributed by atoms with van der Waals surface area (Å²) < 4.78 is 7.19. The van der Waals surface area contributed by atoms with E-state index in [0.29, 0.717) is 16.5 Å². The zero-order chi connectivity index (χ0) is 21.8. The molecule has 2 N–H and O–H groups in total. The summed E-state index contributed by atoms with van der Waals surface area (Å²) in [5.74, 6) is -0.490. The maximum Gasteiger partial charge on any atom is 0.290 e. The van der Waals surface area contributed by atoms with Gasteiger partial charge in [-0.15, -0.1) is 0 Å². The van der Waals surface area contributed by atoms with Gasteiger partial charge >= 0.3 is 0 Å². The Kier molecular flexibility index (Phi) is 5.86. The molecule has 31 heavy (non-hydrogen) atoms. The summed E-state index contributed by atoms with van der Waals surface area (Å²) >= 11 is 6.15. The first-order valence-corrected chi connectivity index (χ1v) is 9.95. The minimum atomic E-state index is -0.817. The zero-order valence-corrected chi connectivity index (χ0v) is 17.3. The van der Waals surface area contributed by atoms with E-state index in [4.69, 9.17) is 16.3 Å². The normalized spacial score (nSPS) is 11.7. The van der Waals surface area contributed by atoms with Crippen molar-refractivity contribution in [1.29, 1.82) is 0 Å². The highest BCUT2D eigenvalue weighted by Crippen LogP contribution is 2.21. The van der Waals surface area contributed by atoms with Gasteiger partial charge in [-0.3, -0.25) is 20.4 Å². The number of hydrogen-bond donors (Lipinski definition) is 2. The lowest BCUT2D eigenvalue weighted by atomic mass is 10.1. The number of hydrogen-bond acceptors (Lipinski definition) is 4. The molecule has 7 nitrogen and oxygen atoms in total. The number of nitrogens with zero attached hydrogens (tertiary/aromatic N) is 2.